The van der Waals surface area contributed by atoms with Gasteiger partial charge < -0.3 is 14.4 Å². The van der Waals surface area contributed by atoms with Crippen LogP contribution in [0.15, 0.2) is 59.5 Å². The van der Waals surface area contributed by atoms with Crippen molar-refractivity contribution < 1.29 is 22.7 Å². The molecule has 0 spiro atoms. The lowest BCUT2D eigenvalue weighted by Crippen LogP contribution is -2.35. The minimum atomic E-state index is -3.43. The molecule has 0 radical (unpaired) electrons. The molecule has 0 aliphatic rings. The van der Waals surface area contributed by atoms with Gasteiger partial charge in [0.05, 0.1) is 27.2 Å². The van der Waals surface area contributed by atoms with Gasteiger partial charge in [-0.3, -0.25) is 4.79 Å². The molecule has 0 saturated carbocycles. The second kappa shape index (κ2) is 11.0. The summed E-state index contributed by atoms with van der Waals surface area (Å²) in [5, 5.41) is 9.63. The first-order chi connectivity index (χ1) is 16.5. The average molecular weight is 533 g/mol. The van der Waals surface area contributed by atoms with E-state index in [1.807, 2.05) is 6.92 Å². The number of hydrogen-bond donors (Lipinski definition) is 0. The number of ether oxygens (including phenoxy) is 2. The summed E-state index contributed by atoms with van der Waals surface area (Å²) in [4.78, 5) is 14.3. The Balaban J connectivity index is 1.75. The molecular formula is C25H22Cl2N2O5S. The van der Waals surface area contributed by atoms with E-state index in [1.54, 1.807) is 43.3 Å². The topological polar surface area (TPSA) is 96.7 Å². The molecule has 0 unspecified atom stereocenters. The summed E-state index contributed by atoms with van der Waals surface area (Å²) in [5.41, 5.74) is 1.70. The van der Waals surface area contributed by atoms with Crippen LogP contribution in [0, 0.1) is 18.3 Å². The molecule has 7 nitrogen and oxygen atoms in total. The summed E-state index contributed by atoms with van der Waals surface area (Å²) in [6.07, 6.45) is 1.08. The Morgan fingerprint density at radius 2 is 1.71 bits per heavy atom. The molecule has 0 aromatic heterocycles. The Morgan fingerprint density at radius 1 is 1.03 bits per heavy atom. The Hall–Kier alpha value is -3.25. The zero-order chi connectivity index (χ0) is 25.8. The number of aryl methyl sites for hydroxylation is 1. The van der Waals surface area contributed by atoms with Gasteiger partial charge in [-0.25, -0.2) is 8.42 Å². The van der Waals surface area contributed by atoms with Gasteiger partial charge in [0.25, 0.3) is 5.91 Å². The third-order valence-electron chi connectivity index (χ3n) is 4.88. The highest BCUT2D eigenvalue weighted by molar-refractivity contribution is 7.90. The van der Waals surface area contributed by atoms with Gasteiger partial charge in [-0.05, 0) is 67.9 Å². The Kier molecular flexibility index (Phi) is 8.28. The van der Waals surface area contributed by atoms with Crippen LogP contribution >= 0.6 is 23.2 Å². The third kappa shape index (κ3) is 6.89. The lowest BCUT2D eigenvalue weighted by atomic mass is 10.1. The standard InChI is InChI=1S/C25H22Cl2N2O5S/c1-4-29(24-6-5-22(13-23(24)27)35(3,31)32)25(30)15-33-19-10-18(26)11-21(12-19)34-20-8-16(2)7-17(9-20)14-28/h5-13H,4,15H2,1-3H3. The maximum Gasteiger partial charge on any atom is 0.264 e. The highest BCUT2D eigenvalue weighted by Crippen LogP contribution is 2.32. The number of amides is 1. The summed E-state index contributed by atoms with van der Waals surface area (Å²) in [6, 6.07) is 16.1. The fourth-order valence-corrected chi connectivity index (χ4v) is 4.54. The van der Waals surface area contributed by atoms with Crippen molar-refractivity contribution in [2.24, 2.45) is 0 Å². The molecule has 0 fully saturated rings. The first kappa shape index (κ1) is 26.4. The van der Waals surface area contributed by atoms with Crippen molar-refractivity contribution in [3.05, 3.63) is 75.8 Å². The molecule has 0 saturated heterocycles. The third-order valence-corrected chi connectivity index (χ3v) is 6.51. The van der Waals surface area contributed by atoms with Crippen LogP contribution in [0.5, 0.6) is 17.2 Å². The normalized spacial score (nSPS) is 11.0. The van der Waals surface area contributed by atoms with Gasteiger partial charge in [0.1, 0.15) is 17.2 Å². The molecule has 0 N–H and O–H groups in total. The monoisotopic (exact) mass is 532 g/mol. The Labute approximate surface area is 214 Å². The predicted octanol–water partition coefficient (Wildman–Crippen LogP) is 5.80. The fourth-order valence-electron chi connectivity index (χ4n) is 3.33. The van der Waals surface area contributed by atoms with Crippen LogP contribution in [0.1, 0.15) is 18.1 Å². The second-order valence-corrected chi connectivity index (χ2v) is 10.5. The summed E-state index contributed by atoms with van der Waals surface area (Å²) in [5.74, 6) is 0.765. The van der Waals surface area contributed by atoms with Gasteiger partial charge in [0.15, 0.2) is 16.4 Å². The Bertz CT molecular complexity index is 1420. The van der Waals surface area contributed by atoms with Crippen molar-refractivity contribution in [2.45, 2.75) is 18.7 Å². The number of nitrogens with zero attached hydrogens (tertiary/aromatic N) is 2. The molecule has 0 bridgehead atoms. The highest BCUT2D eigenvalue weighted by Gasteiger charge is 2.19. The van der Waals surface area contributed by atoms with Gasteiger partial charge in [0.2, 0.25) is 0 Å². The number of halogens is 2. The van der Waals surface area contributed by atoms with Crippen LogP contribution in [0.4, 0.5) is 5.69 Å². The van der Waals surface area contributed by atoms with Crippen molar-refractivity contribution in [1.29, 1.82) is 5.26 Å². The van der Waals surface area contributed by atoms with E-state index in [2.05, 4.69) is 6.07 Å². The molecule has 0 atom stereocenters. The van der Waals surface area contributed by atoms with Crippen LogP contribution in [-0.2, 0) is 14.6 Å². The number of carbonyl (C=O) groups excluding carboxylic acids is 1. The number of rotatable bonds is 8. The first-order valence-corrected chi connectivity index (χ1v) is 13.1. The minimum Gasteiger partial charge on any atom is -0.484 e. The summed E-state index contributed by atoms with van der Waals surface area (Å²) in [6.45, 7) is 3.59. The molecular weight excluding hydrogens is 511 g/mol. The van der Waals surface area contributed by atoms with Crippen LogP contribution in [0.2, 0.25) is 10.0 Å². The zero-order valence-corrected chi connectivity index (χ0v) is 21.5. The molecule has 10 heteroatoms. The predicted molar refractivity (Wildman–Crippen MR) is 136 cm³/mol. The van der Waals surface area contributed by atoms with Crippen molar-refractivity contribution in [3.8, 4) is 23.3 Å². The molecule has 35 heavy (non-hydrogen) atoms. The van der Waals surface area contributed by atoms with Gasteiger partial charge >= 0.3 is 0 Å². The number of likely N-dealkylation sites (N-methyl/N-ethyl adjacent to an activating group) is 1. The van der Waals surface area contributed by atoms with Crippen molar-refractivity contribution in [1.82, 2.24) is 0 Å². The van der Waals surface area contributed by atoms with E-state index in [1.165, 1.54) is 23.1 Å². The van der Waals surface area contributed by atoms with E-state index < -0.39 is 9.84 Å². The van der Waals surface area contributed by atoms with E-state index in [9.17, 15) is 13.2 Å². The van der Waals surface area contributed by atoms with Crippen LogP contribution in [0.3, 0.4) is 0 Å². The maximum absolute atomic E-state index is 12.9. The SMILES string of the molecule is CCN(C(=O)COc1cc(Cl)cc(Oc2cc(C)cc(C#N)c2)c1)c1ccc(S(C)(=O)=O)cc1Cl. The number of carbonyl (C=O) groups is 1. The zero-order valence-electron chi connectivity index (χ0n) is 19.2. The molecule has 182 valence electrons. The molecule has 3 aromatic rings. The molecule has 3 rings (SSSR count). The quantitative estimate of drug-likeness (QED) is 0.363. The maximum atomic E-state index is 12.9. The smallest absolute Gasteiger partial charge is 0.264 e. The Morgan fingerprint density at radius 3 is 2.34 bits per heavy atom. The van der Waals surface area contributed by atoms with Gasteiger partial charge in [-0.15, -0.1) is 0 Å². The summed E-state index contributed by atoms with van der Waals surface area (Å²) in [7, 11) is -3.43. The number of hydrogen-bond acceptors (Lipinski definition) is 6. The van der Waals surface area contributed by atoms with Crippen molar-refractivity contribution in [3.63, 3.8) is 0 Å². The molecule has 0 aliphatic carbocycles. The molecule has 1 amide bonds. The van der Waals surface area contributed by atoms with E-state index in [-0.39, 0.29) is 22.4 Å². The van der Waals surface area contributed by atoms with Crippen molar-refractivity contribution in [2.75, 3.05) is 24.3 Å². The van der Waals surface area contributed by atoms with Crippen LogP contribution in [0.25, 0.3) is 0 Å². The highest BCUT2D eigenvalue weighted by atomic mass is 35.5. The second-order valence-electron chi connectivity index (χ2n) is 7.68. The number of benzene rings is 3. The summed E-state index contributed by atoms with van der Waals surface area (Å²) >= 11 is 12.5. The minimum absolute atomic E-state index is 0.0629. The van der Waals surface area contributed by atoms with E-state index >= 15 is 0 Å². The van der Waals surface area contributed by atoms with E-state index in [4.69, 9.17) is 37.9 Å². The number of anilines is 1. The molecule has 3 aromatic carbocycles. The van der Waals surface area contributed by atoms with Gasteiger partial charge in [-0.2, -0.15) is 5.26 Å². The average Bonchev–Trinajstić information content (AvgIpc) is 2.77. The largest absolute Gasteiger partial charge is 0.484 e. The van der Waals surface area contributed by atoms with Crippen LogP contribution in [-0.4, -0.2) is 33.7 Å². The van der Waals surface area contributed by atoms with Gasteiger partial charge in [0, 0.05) is 23.9 Å². The number of sulfone groups is 1. The molecule has 0 aliphatic heterocycles. The summed E-state index contributed by atoms with van der Waals surface area (Å²) < 4.78 is 35.0. The van der Waals surface area contributed by atoms with E-state index in [0.717, 1.165) is 11.8 Å². The van der Waals surface area contributed by atoms with Crippen LogP contribution < -0.4 is 14.4 Å². The lowest BCUT2D eigenvalue weighted by molar-refractivity contribution is -0.120. The van der Waals surface area contributed by atoms with E-state index in [0.29, 0.717) is 40.1 Å². The number of nitriles is 1. The molecule has 0 heterocycles. The van der Waals surface area contributed by atoms with Crippen molar-refractivity contribution >= 4 is 44.6 Å². The first-order valence-electron chi connectivity index (χ1n) is 10.4. The lowest BCUT2D eigenvalue weighted by Gasteiger charge is -2.22. The van der Waals surface area contributed by atoms with Gasteiger partial charge in [-0.1, -0.05) is 23.2 Å². The fraction of sp³-hybridized carbons (Fsp3) is 0.200.